The molecule has 3 aromatic carbocycles. The number of imidazole rings is 1. The Balaban J connectivity index is 1.62. The molecule has 0 saturated heterocycles. The van der Waals surface area contributed by atoms with Crippen LogP contribution in [0.3, 0.4) is 0 Å². The van der Waals surface area contributed by atoms with E-state index in [-0.39, 0.29) is 11.3 Å². The van der Waals surface area contributed by atoms with Crippen LogP contribution in [0, 0.1) is 11.6 Å². The fourth-order valence-corrected chi connectivity index (χ4v) is 4.94. The number of hydrogen-bond acceptors (Lipinski definition) is 2. The maximum absolute atomic E-state index is 14.8. The van der Waals surface area contributed by atoms with E-state index >= 15 is 0 Å². The monoisotopic (exact) mass is 615 g/mol. The van der Waals surface area contributed by atoms with Crippen LogP contribution < -0.4 is 5.32 Å². The van der Waals surface area contributed by atoms with E-state index in [0.29, 0.717) is 28.0 Å². The number of alkyl halides is 3. The second-order valence-electron chi connectivity index (χ2n) is 8.12. The highest BCUT2D eigenvalue weighted by Crippen LogP contribution is 2.42. The lowest BCUT2D eigenvalue weighted by molar-refractivity contribution is 0.0995. The van der Waals surface area contributed by atoms with Gasteiger partial charge in [0.2, 0.25) is 0 Å². The molecule has 9 heteroatoms. The van der Waals surface area contributed by atoms with Gasteiger partial charge in [-0.05, 0) is 74.8 Å². The summed E-state index contributed by atoms with van der Waals surface area (Å²) in [6.45, 7) is 0. The molecule has 186 valence electrons. The van der Waals surface area contributed by atoms with Crippen molar-refractivity contribution in [3.8, 4) is 22.5 Å². The number of rotatable bonds is 6. The van der Waals surface area contributed by atoms with E-state index < -0.39 is 47.8 Å². The van der Waals surface area contributed by atoms with Crippen molar-refractivity contribution in [3.63, 3.8) is 0 Å². The number of anilines is 1. The lowest BCUT2D eigenvalue weighted by atomic mass is 9.98. The highest BCUT2D eigenvalue weighted by molar-refractivity contribution is 14.2. The van der Waals surface area contributed by atoms with E-state index in [1.54, 1.807) is 41.1 Å². The third-order valence-electron chi connectivity index (χ3n) is 5.80. The number of pyridine rings is 1. The Labute approximate surface area is 219 Å². The van der Waals surface area contributed by atoms with Crippen LogP contribution in [0.5, 0.6) is 0 Å². The van der Waals surface area contributed by atoms with Crippen molar-refractivity contribution < 1.29 is 22.4 Å². The maximum atomic E-state index is 14.8. The Morgan fingerprint density at radius 3 is 2.43 bits per heavy atom. The number of fused-ring (bicyclic) bond motifs is 1. The average molecular weight is 615 g/mol. The van der Waals surface area contributed by atoms with Crippen molar-refractivity contribution in [2.75, 3.05) is 5.32 Å². The number of nitrogens with zero attached hydrogens (tertiary/aromatic N) is 2. The zero-order valence-electron chi connectivity index (χ0n) is 19.1. The predicted octanol–water partition coefficient (Wildman–Crippen LogP) is 7.65. The summed E-state index contributed by atoms with van der Waals surface area (Å²) in [6, 6.07) is 18.8. The summed E-state index contributed by atoms with van der Waals surface area (Å²) in [6.07, 6.45) is 3.38. The van der Waals surface area contributed by atoms with E-state index in [2.05, 4.69) is 14.8 Å². The van der Waals surface area contributed by atoms with Gasteiger partial charge in [0.25, 0.3) is 5.91 Å². The normalized spacial score (nSPS) is 11.6. The van der Waals surface area contributed by atoms with E-state index in [4.69, 9.17) is 0 Å². The molecule has 0 saturated carbocycles. The molecule has 5 rings (SSSR count). The van der Waals surface area contributed by atoms with E-state index in [0.717, 1.165) is 0 Å². The molecule has 0 aliphatic carbocycles. The van der Waals surface area contributed by atoms with Crippen LogP contribution in [0.4, 0.5) is 23.2 Å². The molecular weight excluding hydrogens is 597 g/mol. The number of benzene rings is 3. The molecular formula is C28H18F4IN3O. The number of carbonyl (C=O) groups excluding carboxylic acids is 1. The lowest BCUT2D eigenvalue weighted by Gasteiger charge is -2.17. The molecule has 0 unspecified atom stereocenters. The predicted molar refractivity (Wildman–Crippen MR) is 145 cm³/mol. The van der Waals surface area contributed by atoms with Gasteiger partial charge in [-0.2, -0.15) is 8.78 Å². The van der Waals surface area contributed by atoms with Gasteiger partial charge in [-0.15, -0.1) is 0 Å². The minimum absolute atomic E-state index is 0.206. The van der Waals surface area contributed by atoms with E-state index in [1.807, 2.05) is 0 Å². The molecule has 2 heterocycles. The molecule has 1 amide bonds. The van der Waals surface area contributed by atoms with Crippen molar-refractivity contribution >= 4 is 42.4 Å². The second kappa shape index (κ2) is 9.89. The van der Waals surface area contributed by atoms with Crippen molar-refractivity contribution in [1.82, 2.24) is 9.38 Å². The Hall–Kier alpha value is -3.86. The Morgan fingerprint density at radius 1 is 0.919 bits per heavy atom. The Kier molecular flexibility index (Phi) is 6.63. The van der Waals surface area contributed by atoms with Gasteiger partial charge < -0.3 is 5.32 Å². The molecule has 0 aliphatic rings. The van der Waals surface area contributed by atoms with Gasteiger partial charge in [0.15, 0.2) is 0 Å². The quantitative estimate of drug-likeness (QED) is 0.121. The van der Waals surface area contributed by atoms with Crippen LogP contribution in [0.1, 0.15) is 15.9 Å². The second-order valence-corrected chi connectivity index (χ2v) is 10.2. The first-order chi connectivity index (χ1) is 17.8. The average Bonchev–Trinajstić information content (AvgIpc) is 3.34. The molecule has 0 fully saturated rings. The van der Waals surface area contributed by atoms with Crippen molar-refractivity contribution in [3.05, 3.63) is 114 Å². The SMILES string of the molecule is C=IC(F)(F)c1ccc(-c2cccn3c(-c4cccc(F)c4)ncc23)cc1C(=O)Nc1ccc(F)cc1. The molecule has 2 aromatic heterocycles. The molecule has 37 heavy (non-hydrogen) atoms. The minimum Gasteiger partial charge on any atom is -0.322 e. The number of halogens is 5. The first-order valence-corrected chi connectivity index (χ1v) is 13.6. The van der Waals surface area contributed by atoms with Crippen LogP contribution >= 0.6 is 20.7 Å². The van der Waals surface area contributed by atoms with Gasteiger partial charge in [-0.3, -0.25) is 9.20 Å². The summed E-state index contributed by atoms with van der Waals surface area (Å²) in [4.78, 5) is 17.6. The van der Waals surface area contributed by atoms with Crippen LogP contribution in [-0.4, -0.2) is 19.8 Å². The van der Waals surface area contributed by atoms with Crippen molar-refractivity contribution in [2.24, 2.45) is 0 Å². The van der Waals surface area contributed by atoms with Gasteiger partial charge in [0.1, 0.15) is 17.5 Å². The molecule has 1 N–H and O–H groups in total. The van der Waals surface area contributed by atoms with Gasteiger partial charge >= 0.3 is 3.93 Å². The smallest absolute Gasteiger partial charge is 0.317 e. The van der Waals surface area contributed by atoms with Crippen LogP contribution in [0.25, 0.3) is 28.0 Å². The van der Waals surface area contributed by atoms with Gasteiger partial charge in [-0.1, -0.05) is 34.8 Å². The topological polar surface area (TPSA) is 46.4 Å². The fourth-order valence-electron chi connectivity index (χ4n) is 4.06. The van der Waals surface area contributed by atoms with Crippen LogP contribution in [-0.2, 0) is 3.93 Å². The van der Waals surface area contributed by atoms with Gasteiger partial charge in [0.05, 0.1) is 17.3 Å². The minimum atomic E-state index is -3.24. The summed E-state index contributed by atoms with van der Waals surface area (Å²) in [5.74, 6) is -1.12. The molecule has 4 nitrogen and oxygen atoms in total. The van der Waals surface area contributed by atoms with Crippen LogP contribution in [0.15, 0.2) is 91.3 Å². The number of hydrogen-bond donors (Lipinski definition) is 1. The zero-order chi connectivity index (χ0) is 26.2. The highest BCUT2D eigenvalue weighted by Gasteiger charge is 2.33. The first-order valence-electron chi connectivity index (χ1n) is 11.0. The molecule has 5 aromatic rings. The number of aromatic nitrogens is 2. The molecule has 0 radical (unpaired) electrons. The summed E-state index contributed by atoms with van der Waals surface area (Å²) in [5, 5.41) is 2.57. The van der Waals surface area contributed by atoms with Crippen molar-refractivity contribution in [2.45, 2.75) is 3.93 Å². The van der Waals surface area contributed by atoms with Gasteiger partial charge in [0, 0.05) is 28.6 Å². The van der Waals surface area contributed by atoms with Crippen LogP contribution in [0.2, 0.25) is 0 Å². The Morgan fingerprint density at radius 2 is 1.70 bits per heavy atom. The molecule has 0 atom stereocenters. The molecule has 0 aliphatic heterocycles. The standard InChI is InChI=1S/C28H18F4IN3O/c1-33-28(31,32)24-12-7-17(15-23(24)27(37)35-21-10-8-19(29)9-11-21)22-6-3-13-36-25(22)16-34-26(36)18-4-2-5-20(30)14-18/h2-16H,1H2,(H,35,37). The number of nitrogens with one attached hydrogen (secondary N) is 1. The largest absolute Gasteiger partial charge is 0.322 e. The lowest BCUT2D eigenvalue weighted by Crippen LogP contribution is -2.18. The third-order valence-corrected chi connectivity index (χ3v) is 7.34. The number of amides is 1. The molecule has 0 spiro atoms. The zero-order valence-corrected chi connectivity index (χ0v) is 21.2. The summed E-state index contributed by atoms with van der Waals surface area (Å²) in [5.41, 5.74) is 2.03. The summed E-state index contributed by atoms with van der Waals surface area (Å²) < 4.78 is 58.7. The maximum Gasteiger partial charge on any atom is 0.317 e. The third kappa shape index (κ3) is 4.91. The van der Waals surface area contributed by atoms with E-state index in [9.17, 15) is 22.4 Å². The highest BCUT2D eigenvalue weighted by atomic mass is 127. The first kappa shape index (κ1) is 24.8. The van der Waals surface area contributed by atoms with Gasteiger partial charge in [-0.25, -0.2) is 13.8 Å². The Bertz CT molecular complexity index is 1650. The summed E-state index contributed by atoms with van der Waals surface area (Å²) in [7, 11) is 0. The summed E-state index contributed by atoms with van der Waals surface area (Å²) >= 11 is -1.80. The fraction of sp³-hybridized carbons (Fsp3) is 0.0357. The molecule has 0 bridgehead atoms. The number of carbonyl (C=O) groups is 1. The van der Waals surface area contributed by atoms with Crippen molar-refractivity contribution in [1.29, 1.82) is 0 Å². The van der Waals surface area contributed by atoms with E-state index in [1.165, 1.54) is 54.6 Å².